The number of piperazine rings is 1. The standard InChI is InChI=1S/C26H22ClN3O4/c27-19-9-6-16(7-10-19)18-8-11-21-20(14-18)25(33)30-13-12-29(15-22(30)24(32)28-21)26(34)23(31)17-4-2-1-3-5-17/h1-11,14,22-23,31H,12-13,15H2,(H,28,32)/t22-,23+/m1/s1. The van der Waals surface area contributed by atoms with Crippen molar-refractivity contribution in [2.45, 2.75) is 12.1 Å². The van der Waals surface area contributed by atoms with Gasteiger partial charge in [0.25, 0.3) is 11.8 Å². The normalized spacial score (nSPS) is 18.5. The molecule has 0 aromatic heterocycles. The molecular formula is C26H22ClN3O4. The van der Waals surface area contributed by atoms with Crippen molar-refractivity contribution in [3.8, 4) is 11.1 Å². The number of anilines is 1. The molecule has 7 nitrogen and oxygen atoms in total. The van der Waals surface area contributed by atoms with Crippen molar-refractivity contribution in [1.82, 2.24) is 9.80 Å². The van der Waals surface area contributed by atoms with Crippen LogP contribution in [-0.2, 0) is 9.59 Å². The lowest BCUT2D eigenvalue weighted by atomic mass is 10.0. The number of hydrogen-bond donors (Lipinski definition) is 2. The number of aliphatic hydroxyl groups excluding tert-OH is 1. The highest BCUT2D eigenvalue weighted by Gasteiger charge is 2.41. The van der Waals surface area contributed by atoms with Gasteiger partial charge in [0.2, 0.25) is 5.91 Å². The number of halogens is 1. The predicted octanol–water partition coefficient (Wildman–Crippen LogP) is 3.35. The molecule has 0 unspecified atom stereocenters. The van der Waals surface area contributed by atoms with Crippen molar-refractivity contribution in [3.63, 3.8) is 0 Å². The lowest BCUT2D eigenvalue weighted by Crippen LogP contribution is -2.60. The van der Waals surface area contributed by atoms with Gasteiger partial charge in [0.05, 0.1) is 17.8 Å². The van der Waals surface area contributed by atoms with E-state index in [0.29, 0.717) is 21.8 Å². The van der Waals surface area contributed by atoms with E-state index in [2.05, 4.69) is 5.32 Å². The molecule has 2 heterocycles. The fourth-order valence-electron chi connectivity index (χ4n) is 4.42. The molecule has 2 atom stereocenters. The summed E-state index contributed by atoms with van der Waals surface area (Å²) in [7, 11) is 0. The van der Waals surface area contributed by atoms with Crippen LogP contribution >= 0.6 is 11.6 Å². The first-order valence-electron chi connectivity index (χ1n) is 11.0. The number of benzene rings is 3. The monoisotopic (exact) mass is 475 g/mol. The number of nitrogens with zero attached hydrogens (tertiary/aromatic N) is 2. The lowest BCUT2D eigenvalue weighted by Gasteiger charge is -2.40. The Labute approximate surface area is 201 Å². The van der Waals surface area contributed by atoms with Gasteiger partial charge in [-0.15, -0.1) is 0 Å². The van der Waals surface area contributed by atoms with Crippen molar-refractivity contribution in [1.29, 1.82) is 0 Å². The van der Waals surface area contributed by atoms with Crippen LogP contribution in [0.4, 0.5) is 5.69 Å². The second kappa shape index (κ2) is 8.93. The maximum absolute atomic E-state index is 13.4. The van der Waals surface area contributed by atoms with E-state index in [1.165, 1.54) is 9.80 Å². The van der Waals surface area contributed by atoms with E-state index in [9.17, 15) is 19.5 Å². The van der Waals surface area contributed by atoms with Gasteiger partial charge in [0.15, 0.2) is 6.10 Å². The van der Waals surface area contributed by atoms with Gasteiger partial charge < -0.3 is 20.2 Å². The van der Waals surface area contributed by atoms with Crippen LogP contribution in [0.2, 0.25) is 5.02 Å². The largest absolute Gasteiger partial charge is 0.378 e. The second-order valence-electron chi connectivity index (χ2n) is 8.37. The quantitative estimate of drug-likeness (QED) is 0.608. The molecule has 1 fully saturated rings. The number of nitrogens with one attached hydrogen (secondary N) is 1. The van der Waals surface area contributed by atoms with E-state index in [0.717, 1.165) is 11.1 Å². The van der Waals surface area contributed by atoms with Gasteiger partial charge in [-0.25, -0.2) is 0 Å². The van der Waals surface area contributed by atoms with Crippen LogP contribution in [0.5, 0.6) is 0 Å². The van der Waals surface area contributed by atoms with Crippen molar-refractivity contribution in [2.75, 3.05) is 25.0 Å². The van der Waals surface area contributed by atoms with E-state index < -0.39 is 18.1 Å². The fraction of sp³-hybridized carbons (Fsp3) is 0.192. The summed E-state index contributed by atoms with van der Waals surface area (Å²) in [5, 5.41) is 14.0. The number of aliphatic hydroxyl groups is 1. The molecule has 2 N–H and O–H groups in total. The van der Waals surface area contributed by atoms with E-state index >= 15 is 0 Å². The molecule has 5 rings (SSSR count). The lowest BCUT2D eigenvalue weighted by molar-refractivity contribution is -0.144. The average Bonchev–Trinajstić information content (AvgIpc) is 2.98. The first-order valence-corrected chi connectivity index (χ1v) is 11.3. The van der Waals surface area contributed by atoms with E-state index in [4.69, 9.17) is 11.6 Å². The van der Waals surface area contributed by atoms with E-state index in [1.807, 2.05) is 18.2 Å². The molecule has 172 valence electrons. The smallest absolute Gasteiger partial charge is 0.256 e. The first kappa shape index (κ1) is 22.1. The maximum atomic E-state index is 13.4. The van der Waals surface area contributed by atoms with Gasteiger partial charge in [0.1, 0.15) is 6.04 Å². The van der Waals surface area contributed by atoms with Crippen molar-refractivity contribution < 1.29 is 19.5 Å². The zero-order valence-electron chi connectivity index (χ0n) is 18.1. The minimum Gasteiger partial charge on any atom is -0.378 e. The van der Waals surface area contributed by atoms with Crippen LogP contribution in [0.25, 0.3) is 11.1 Å². The highest BCUT2D eigenvalue weighted by Crippen LogP contribution is 2.31. The summed E-state index contributed by atoms with van der Waals surface area (Å²) in [5.74, 6) is -1.12. The number of rotatable bonds is 3. The summed E-state index contributed by atoms with van der Waals surface area (Å²) in [5.41, 5.74) is 3.05. The highest BCUT2D eigenvalue weighted by molar-refractivity contribution is 6.30. The second-order valence-corrected chi connectivity index (χ2v) is 8.80. The number of fused-ring (bicyclic) bond motifs is 2. The third-order valence-electron chi connectivity index (χ3n) is 6.29. The molecule has 2 aliphatic rings. The molecule has 0 spiro atoms. The molecule has 3 aromatic carbocycles. The SMILES string of the molecule is O=C1Nc2ccc(-c3ccc(Cl)cc3)cc2C(=O)N2CCN(C(=O)[C@@H](O)c3ccccc3)C[C@H]12. The molecular weight excluding hydrogens is 454 g/mol. The first-order chi connectivity index (χ1) is 16.4. The number of carbonyl (C=O) groups excluding carboxylic acids is 3. The molecule has 1 saturated heterocycles. The van der Waals surface area contributed by atoms with Crippen molar-refractivity contribution >= 4 is 35.0 Å². The Hall–Kier alpha value is -3.68. The summed E-state index contributed by atoms with van der Waals surface area (Å²) in [6.07, 6.45) is -1.32. The molecule has 0 bridgehead atoms. The Morgan fingerprint density at radius 2 is 1.68 bits per heavy atom. The van der Waals surface area contributed by atoms with Gasteiger partial charge in [-0.2, -0.15) is 0 Å². The number of carbonyl (C=O) groups is 3. The minimum atomic E-state index is -1.32. The molecule has 3 aromatic rings. The Morgan fingerprint density at radius 3 is 2.41 bits per heavy atom. The van der Waals surface area contributed by atoms with Crippen LogP contribution in [0.15, 0.2) is 72.8 Å². The number of amides is 3. The summed E-state index contributed by atoms with van der Waals surface area (Å²) < 4.78 is 0. The highest BCUT2D eigenvalue weighted by atomic mass is 35.5. The van der Waals surface area contributed by atoms with Crippen LogP contribution in [0.3, 0.4) is 0 Å². The van der Waals surface area contributed by atoms with Gasteiger partial charge in [0, 0.05) is 18.1 Å². The van der Waals surface area contributed by atoms with E-state index in [1.54, 1.807) is 54.6 Å². The molecule has 3 amide bonds. The molecule has 2 aliphatic heterocycles. The fourth-order valence-corrected chi connectivity index (χ4v) is 4.55. The Bertz CT molecular complexity index is 1260. The van der Waals surface area contributed by atoms with Crippen molar-refractivity contribution in [3.05, 3.63) is 88.9 Å². The summed E-state index contributed by atoms with van der Waals surface area (Å²) in [6, 6.07) is 20.4. The van der Waals surface area contributed by atoms with Crippen molar-refractivity contribution in [2.24, 2.45) is 0 Å². The van der Waals surface area contributed by atoms with Gasteiger partial charge in [-0.1, -0.05) is 60.1 Å². The van der Waals surface area contributed by atoms with Gasteiger partial charge in [-0.05, 0) is 41.0 Å². The summed E-state index contributed by atoms with van der Waals surface area (Å²) >= 11 is 5.99. The molecule has 34 heavy (non-hydrogen) atoms. The van der Waals surface area contributed by atoms with Crippen LogP contribution in [0, 0.1) is 0 Å². The average molecular weight is 476 g/mol. The molecule has 0 saturated carbocycles. The van der Waals surface area contributed by atoms with Crippen LogP contribution in [0.1, 0.15) is 22.0 Å². The molecule has 8 heteroatoms. The summed E-state index contributed by atoms with van der Waals surface area (Å²) in [6.45, 7) is 0.428. The Balaban J connectivity index is 1.39. The van der Waals surface area contributed by atoms with Crippen LogP contribution in [-0.4, -0.2) is 58.3 Å². The maximum Gasteiger partial charge on any atom is 0.256 e. The zero-order chi connectivity index (χ0) is 23.8. The zero-order valence-corrected chi connectivity index (χ0v) is 18.9. The third kappa shape index (κ3) is 4.04. The Kier molecular flexibility index (Phi) is 5.81. The molecule has 0 radical (unpaired) electrons. The number of hydrogen-bond acceptors (Lipinski definition) is 4. The topological polar surface area (TPSA) is 90.0 Å². The predicted molar refractivity (Wildman–Crippen MR) is 128 cm³/mol. The van der Waals surface area contributed by atoms with Gasteiger partial charge in [-0.3, -0.25) is 14.4 Å². The van der Waals surface area contributed by atoms with Gasteiger partial charge >= 0.3 is 0 Å². The minimum absolute atomic E-state index is 0.0122. The summed E-state index contributed by atoms with van der Waals surface area (Å²) in [4.78, 5) is 42.4. The van der Waals surface area contributed by atoms with E-state index in [-0.39, 0.29) is 31.4 Å². The molecule has 0 aliphatic carbocycles. The third-order valence-corrected chi connectivity index (χ3v) is 6.54. The Morgan fingerprint density at radius 1 is 0.971 bits per heavy atom. The van der Waals surface area contributed by atoms with Crippen LogP contribution < -0.4 is 5.32 Å².